The third-order valence-electron chi connectivity index (χ3n) is 5.02. The van der Waals surface area contributed by atoms with Crippen LogP contribution in [0.25, 0.3) is 11.5 Å². The molecule has 4 rings (SSSR count). The smallest absolute Gasteiger partial charge is 0.226 e. The van der Waals surface area contributed by atoms with Gasteiger partial charge in [-0.1, -0.05) is 17.7 Å². The Labute approximate surface area is 191 Å². The Bertz CT molecular complexity index is 1060. The maximum absolute atomic E-state index is 6.40. The maximum atomic E-state index is 6.40. The highest BCUT2D eigenvalue weighted by Crippen LogP contribution is 2.33. The zero-order valence-corrected chi connectivity index (χ0v) is 20.0. The van der Waals surface area contributed by atoms with E-state index in [0.29, 0.717) is 12.3 Å². The lowest BCUT2D eigenvalue weighted by Crippen LogP contribution is -2.35. The molecule has 30 heavy (non-hydrogen) atoms. The lowest BCUT2D eigenvalue weighted by Gasteiger charge is -2.30. The maximum Gasteiger partial charge on any atom is 0.226 e. The van der Waals surface area contributed by atoms with Crippen molar-refractivity contribution in [1.82, 2.24) is 10.3 Å². The number of halogens is 1. The fraction of sp³-hybridized carbons (Fsp3) is 0.320. The highest BCUT2D eigenvalue weighted by atomic mass is 127. The number of benzene rings is 2. The standard InChI is InChI=1S/C25H27IN2O2/c1-16-5-10-22-18(11-16)12-19(14-28-25(2,3)4)23(30-22)13-21-15-27-24(29-21)17-6-8-20(26)9-7-17/h5-11,14-15,23,28H,12-13H2,1-4H3/b19-14-. The average molecular weight is 514 g/mol. The van der Waals surface area contributed by atoms with Crippen LogP contribution in [0.5, 0.6) is 5.75 Å². The molecule has 5 heteroatoms. The van der Waals surface area contributed by atoms with Crippen molar-refractivity contribution in [3.8, 4) is 17.2 Å². The quantitative estimate of drug-likeness (QED) is 0.430. The molecular formula is C25H27IN2O2. The molecule has 1 unspecified atom stereocenters. The minimum atomic E-state index is -0.0902. The van der Waals surface area contributed by atoms with Crippen LogP contribution < -0.4 is 10.1 Å². The van der Waals surface area contributed by atoms with Gasteiger partial charge in [0.25, 0.3) is 0 Å². The van der Waals surface area contributed by atoms with E-state index in [1.54, 1.807) is 0 Å². The number of rotatable bonds is 4. The van der Waals surface area contributed by atoms with Crippen molar-refractivity contribution < 1.29 is 9.15 Å². The van der Waals surface area contributed by atoms with Gasteiger partial charge in [0.2, 0.25) is 5.89 Å². The van der Waals surface area contributed by atoms with Gasteiger partial charge in [-0.3, -0.25) is 0 Å². The minimum Gasteiger partial charge on any atom is -0.485 e. The first kappa shape index (κ1) is 21.0. The highest BCUT2D eigenvalue weighted by molar-refractivity contribution is 14.1. The summed E-state index contributed by atoms with van der Waals surface area (Å²) in [6, 6.07) is 14.6. The molecule has 0 saturated carbocycles. The second kappa shape index (κ2) is 8.46. The number of aromatic nitrogens is 1. The molecule has 0 bridgehead atoms. The van der Waals surface area contributed by atoms with Crippen LogP contribution in [0.15, 0.2) is 64.9 Å². The molecule has 1 N–H and O–H groups in total. The van der Waals surface area contributed by atoms with Crippen LogP contribution in [0.2, 0.25) is 0 Å². The number of aryl methyl sites for hydroxylation is 1. The summed E-state index contributed by atoms with van der Waals surface area (Å²) in [7, 11) is 0. The van der Waals surface area contributed by atoms with Gasteiger partial charge in [-0.25, -0.2) is 4.98 Å². The van der Waals surface area contributed by atoms with Crippen LogP contribution in [-0.4, -0.2) is 16.6 Å². The van der Waals surface area contributed by atoms with Crippen molar-refractivity contribution in [2.75, 3.05) is 0 Å². The van der Waals surface area contributed by atoms with Crippen molar-refractivity contribution in [2.45, 2.75) is 52.2 Å². The first-order valence-corrected chi connectivity index (χ1v) is 11.3. The number of hydrogen-bond donors (Lipinski definition) is 1. The fourth-order valence-corrected chi connectivity index (χ4v) is 3.82. The number of fused-ring (bicyclic) bond motifs is 1. The Morgan fingerprint density at radius 3 is 2.67 bits per heavy atom. The van der Waals surface area contributed by atoms with Gasteiger partial charge in [-0.2, -0.15) is 0 Å². The molecule has 0 aliphatic carbocycles. The topological polar surface area (TPSA) is 47.3 Å². The van der Waals surface area contributed by atoms with Crippen LogP contribution in [0.4, 0.5) is 0 Å². The van der Waals surface area contributed by atoms with E-state index in [1.165, 1.54) is 20.3 Å². The predicted octanol–water partition coefficient (Wildman–Crippen LogP) is 6.07. The molecule has 1 aliphatic heterocycles. The molecule has 2 aromatic carbocycles. The molecule has 4 nitrogen and oxygen atoms in total. The fourth-order valence-electron chi connectivity index (χ4n) is 3.46. The summed E-state index contributed by atoms with van der Waals surface area (Å²) in [5.74, 6) is 2.42. The molecule has 0 radical (unpaired) electrons. The van der Waals surface area contributed by atoms with Crippen molar-refractivity contribution in [1.29, 1.82) is 0 Å². The van der Waals surface area contributed by atoms with Gasteiger partial charge in [-0.05, 0) is 91.8 Å². The summed E-state index contributed by atoms with van der Waals surface area (Å²) in [4.78, 5) is 4.49. The van der Waals surface area contributed by atoms with Crippen LogP contribution in [0.1, 0.15) is 37.7 Å². The zero-order chi connectivity index (χ0) is 21.3. The molecule has 1 aromatic heterocycles. The molecule has 2 heterocycles. The molecule has 0 saturated heterocycles. The minimum absolute atomic E-state index is 0.00530. The van der Waals surface area contributed by atoms with Gasteiger partial charge in [0, 0.05) is 33.7 Å². The van der Waals surface area contributed by atoms with E-state index in [4.69, 9.17) is 9.15 Å². The normalized spacial score (nSPS) is 17.5. The van der Waals surface area contributed by atoms with Crippen molar-refractivity contribution in [3.63, 3.8) is 0 Å². The Hall–Kier alpha value is -2.28. The van der Waals surface area contributed by atoms with Gasteiger partial charge in [-0.15, -0.1) is 0 Å². The largest absolute Gasteiger partial charge is 0.485 e. The zero-order valence-electron chi connectivity index (χ0n) is 17.8. The molecule has 1 atom stereocenters. The summed E-state index contributed by atoms with van der Waals surface area (Å²) >= 11 is 2.30. The Morgan fingerprint density at radius 1 is 1.17 bits per heavy atom. The average Bonchev–Trinajstić information content (AvgIpc) is 3.15. The molecule has 1 aliphatic rings. The number of nitrogens with one attached hydrogen (secondary N) is 1. The highest BCUT2D eigenvalue weighted by Gasteiger charge is 2.27. The van der Waals surface area contributed by atoms with Gasteiger partial charge in [0.1, 0.15) is 17.6 Å². The lowest BCUT2D eigenvalue weighted by molar-refractivity contribution is 0.211. The number of hydrogen-bond acceptors (Lipinski definition) is 4. The van der Waals surface area contributed by atoms with E-state index in [-0.39, 0.29) is 11.6 Å². The summed E-state index contributed by atoms with van der Waals surface area (Å²) in [5, 5.41) is 3.50. The summed E-state index contributed by atoms with van der Waals surface area (Å²) < 4.78 is 13.7. The Balaban J connectivity index is 1.59. The van der Waals surface area contributed by atoms with Gasteiger partial charge >= 0.3 is 0 Å². The first-order valence-electron chi connectivity index (χ1n) is 10.2. The lowest BCUT2D eigenvalue weighted by atomic mass is 9.93. The second-order valence-corrected chi connectivity index (χ2v) is 10.1. The second-order valence-electron chi connectivity index (χ2n) is 8.85. The molecule has 0 fully saturated rings. The van der Waals surface area contributed by atoms with Crippen LogP contribution in [0, 0.1) is 10.5 Å². The molecule has 156 valence electrons. The van der Waals surface area contributed by atoms with Crippen LogP contribution >= 0.6 is 22.6 Å². The Kier molecular flexibility index (Phi) is 5.91. The van der Waals surface area contributed by atoms with E-state index in [0.717, 1.165) is 23.5 Å². The first-order chi connectivity index (χ1) is 14.3. The SMILES string of the molecule is Cc1ccc2c(c1)C/C(=C/NC(C)(C)C)C(Cc1cnc(-c3ccc(I)cc3)o1)O2. The third kappa shape index (κ3) is 5.06. The van der Waals surface area contributed by atoms with E-state index in [2.05, 4.69) is 97.1 Å². The van der Waals surface area contributed by atoms with Gasteiger partial charge < -0.3 is 14.5 Å². The van der Waals surface area contributed by atoms with E-state index < -0.39 is 0 Å². The molecule has 0 amide bonds. The molecule has 0 spiro atoms. The number of oxazole rings is 1. The van der Waals surface area contributed by atoms with Gasteiger partial charge in [0.15, 0.2) is 0 Å². The van der Waals surface area contributed by atoms with Crippen LogP contribution in [0.3, 0.4) is 0 Å². The third-order valence-corrected chi connectivity index (χ3v) is 5.73. The van der Waals surface area contributed by atoms with Crippen molar-refractivity contribution in [3.05, 3.63) is 80.9 Å². The van der Waals surface area contributed by atoms with E-state index in [9.17, 15) is 0 Å². The monoisotopic (exact) mass is 514 g/mol. The van der Waals surface area contributed by atoms with E-state index >= 15 is 0 Å². The summed E-state index contributed by atoms with van der Waals surface area (Å²) in [6.07, 6.45) is 5.35. The van der Waals surface area contributed by atoms with Crippen LogP contribution in [-0.2, 0) is 12.8 Å². The number of nitrogens with zero attached hydrogens (tertiary/aromatic N) is 1. The molecule has 3 aromatic rings. The molecular weight excluding hydrogens is 487 g/mol. The van der Waals surface area contributed by atoms with E-state index in [1.807, 2.05) is 18.3 Å². The Morgan fingerprint density at radius 2 is 1.93 bits per heavy atom. The summed E-state index contributed by atoms with van der Waals surface area (Å²) in [5.41, 5.74) is 4.67. The predicted molar refractivity (Wildman–Crippen MR) is 129 cm³/mol. The van der Waals surface area contributed by atoms with Crippen molar-refractivity contribution in [2.24, 2.45) is 0 Å². The summed E-state index contributed by atoms with van der Waals surface area (Å²) in [6.45, 7) is 8.59. The van der Waals surface area contributed by atoms with Crippen molar-refractivity contribution >= 4 is 22.6 Å². The number of ether oxygens (including phenoxy) is 1. The van der Waals surface area contributed by atoms with Gasteiger partial charge in [0.05, 0.1) is 6.20 Å².